The van der Waals surface area contributed by atoms with Gasteiger partial charge in [-0.1, -0.05) is 13.3 Å². The zero-order valence-corrected chi connectivity index (χ0v) is 15.6. The van der Waals surface area contributed by atoms with Crippen molar-refractivity contribution in [3.63, 3.8) is 0 Å². The van der Waals surface area contributed by atoms with Crippen LogP contribution in [0.15, 0.2) is 0 Å². The van der Waals surface area contributed by atoms with Crippen molar-refractivity contribution in [2.24, 2.45) is 0 Å². The normalized spacial score (nSPS) is 30.0. The van der Waals surface area contributed by atoms with Crippen molar-refractivity contribution in [1.29, 1.82) is 0 Å². The van der Waals surface area contributed by atoms with Crippen LogP contribution in [0.4, 0.5) is 0 Å². The van der Waals surface area contributed by atoms with E-state index < -0.39 is 42.3 Å². The van der Waals surface area contributed by atoms with Gasteiger partial charge in [0.05, 0.1) is 18.8 Å². The molecular formula is C9H21O12P3. The maximum atomic E-state index is 11.6. The summed E-state index contributed by atoms with van der Waals surface area (Å²) in [6.07, 6.45) is 0.934. The highest BCUT2D eigenvalue weighted by Gasteiger charge is 2.42. The van der Waals surface area contributed by atoms with Crippen molar-refractivity contribution in [2.45, 2.75) is 44.5 Å². The van der Waals surface area contributed by atoms with Crippen LogP contribution in [0.1, 0.15) is 26.2 Å². The van der Waals surface area contributed by atoms with E-state index in [0.29, 0.717) is 6.42 Å². The van der Waals surface area contributed by atoms with Crippen molar-refractivity contribution in [2.75, 3.05) is 13.7 Å². The molecule has 1 heterocycles. The summed E-state index contributed by atoms with van der Waals surface area (Å²) >= 11 is 0. The second kappa shape index (κ2) is 8.81. The van der Waals surface area contributed by atoms with Gasteiger partial charge < -0.3 is 29.0 Å². The summed E-state index contributed by atoms with van der Waals surface area (Å²) in [7, 11) is -14.6. The first-order valence-electron chi connectivity index (χ1n) is 6.84. The lowest BCUT2D eigenvalue weighted by molar-refractivity contribution is -0.0346. The van der Waals surface area contributed by atoms with Crippen LogP contribution < -0.4 is 0 Å². The zero-order valence-electron chi connectivity index (χ0n) is 13.0. The molecule has 0 aromatic carbocycles. The minimum Gasteiger partial charge on any atom is -0.379 e. The summed E-state index contributed by atoms with van der Waals surface area (Å²) in [6, 6.07) is 0. The molecule has 0 aromatic rings. The van der Waals surface area contributed by atoms with E-state index in [-0.39, 0.29) is 6.10 Å². The molecule has 1 rings (SSSR count). The van der Waals surface area contributed by atoms with E-state index in [4.69, 9.17) is 24.2 Å². The van der Waals surface area contributed by atoms with Crippen molar-refractivity contribution in [3.8, 4) is 0 Å². The Morgan fingerprint density at radius 2 is 1.71 bits per heavy atom. The Morgan fingerprint density at radius 1 is 1.08 bits per heavy atom. The molecule has 0 spiro atoms. The van der Waals surface area contributed by atoms with Gasteiger partial charge in [0.1, 0.15) is 6.10 Å². The summed E-state index contributed by atoms with van der Waals surface area (Å²) in [5, 5.41) is 0. The third-order valence-corrected chi connectivity index (χ3v) is 6.81. The molecule has 5 atom stereocenters. The molecule has 1 aliphatic heterocycles. The fourth-order valence-electron chi connectivity index (χ4n) is 2.17. The SMILES string of the molecule is CCC[C@H]1C[C@@H](OC)[C@@H](COP(=O)(O)OP(=O)(O)OP(=O)(O)O)O1. The Kier molecular flexibility index (Phi) is 8.22. The predicted molar refractivity (Wildman–Crippen MR) is 78.8 cm³/mol. The molecule has 1 fully saturated rings. The molecule has 4 N–H and O–H groups in total. The minimum absolute atomic E-state index is 0.116. The topological polar surface area (TPSA) is 178 Å². The van der Waals surface area contributed by atoms with Gasteiger partial charge in [-0.3, -0.25) is 4.52 Å². The predicted octanol–water partition coefficient (Wildman–Crippen LogP) is 1.30. The van der Waals surface area contributed by atoms with Gasteiger partial charge in [-0.15, -0.1) is 0 Å². The van der Waals surface area contributed by atoms with Crippen LogP contribution in [0, 0.1) is 0 Å². The molecular weight excluding hydrogens is 393 g/mol. The highest BCUT2D eigenvalue weighted by molar-refractivity contribution is 7.66. The first kappa shape index (κ1) is 22.4. The standard InChI is InChI=1S/C9H21O12P3/c1-3-4-7-5-8(17-2)9(19-7)6-18-23(13,14)21-24(15,16)20-22(10,11)12/h7-9H,3-6H2,1-2H3,(H,13,14)(H,15,16)(H2,10,11,12)/t7-,8+,9+/m0/s1. The summed E-state index contributed by atoms with van der Waals surface area (Å²) in [4.78, 5) is 35.3. The highest BCUT2D eigenvalue weighted by Crippen LogP contribution is 2.66. The average molecular weight is 414 g/mol. The molecule has 1 saturated heterocycles. The molecule has 0 saturated carbocycles. The molecule has 144 valence electrons. The Labute approximate surface area is 138 Å². The van der Waals surface area contributed by atoms with Crippen molar-refractivity contribution in [1.82, 2.24) is 0 Å². The third kappa shape index (κ3) is 8.14. The molecule has 1 aliphatic rings. The van der Waals surface area contributed by atoms with Gasteiger partial charge in [-0.25, -0.2) is 13.7 Å². The van der Waals surface area contributed by atoms with Gasteiger partial charge in [-0.05, 0) is 6.42 Å². The smallest absolute Gasteiger partial charge is 0.379 e. The molecule has 0 bridgehead atoms. The third-order valence-electron chi connectivity index (χ3n) is 3.01. The van der Waals surface area contributed by atoms with Crippen LogP contribution in [0.2, 0.25) is 0 Å². The second-order valence-electron chi connectivity index (χ2n) is 4.98. The van der Waals surface area contributed by atoms with E-state index in [1.54, 1.807) is 0 Å². The summed E-state index contributed by atoms with van der Waals surface area (Å²) in [6.45, 7) is 1.47. The molecule has 0 aromatic heterocycles. The van der Waals surface area contributed by atoms with E-state index in [1.165, 1.54) is 7.11 Å². The number of methoxy groups -OCH3 is 1. The largest absolute Gasteiger partial charge is 0.490 e. The highest BCUT2D eigenvalue weighted by atomic mass is 31.3. The molecule has 24 heavy (non-hydrogen) atoms. The maximum absolute atomic E-state index is 11.6. The fraction of sp³-hybridized carbons (Fsp3) is 1.00. The molecule has 0 radical (unpaired) electrons. The Bertz CT molecular complexity index is 546. The Balaban J connectivity index is 2.60. The van der Waals surface area contributed by atoms with Gasteiger partial charge in [0.2, 0.25) is 0 Å². The van der Waals surface area contributed by atoms with E-state index in [2.05, 4.69) is 13.1 Å². The van der Waals surface area contributed by atoms with Crippen LogP contribution in [0.25, 0.3) is 0 Å². The minimum atomic E-state index is -5.52. The summed E-state index contributed by atoms with van der Waals surface area (Å²) in [5.74, 6) is 0. The van der Waals surface area contributed by atoms with Crippen LogP contribution in [-0.4, -0.2) is 51.6 Å². The maximum Gasteiger partial charge on any atom is 0.490 e. The van der Waals surface area contributed by atoms with Crippen LogP contribution in [0.5, 0.6) is 0 Å². The molecule has 2 unspecified atom stereocenters. The number of rotatable bonds is 10. The molecule has 15 heteroatoms. The van der Waals surface area contributed by atoms with Crippen molar-refractivity contribution >= 4 is 23.5 Å². The van der Waals surface area contributed by atoms with Crippen molar-refractivity contribution < 1.29 is 55.9 Å². The van der Waals surface area contributed by atoms with Crippen LogP contribution >= 0.6 is 23.5 Å². The van der Waals surface area contributed by atoms with Gasteiger partial charge in [-0.2, -0.15) is 8.62 Å². The van der Waals surface area contributed by atoms with Crippen LogP contribution in [-0.2, 0) is 36.3 Å². The molecule has 0 amide bonds. The molecule has 0 aliphatic carbocycles. The Hall–Kier alpha value is 0.330. The molecule has 12 nitrogen and oxygen atoms in total. The number of phosphoric ester groups is 1. The van der Waals surface area contributed by atoms with E-state index in [1.807, 2.05) is 6.92 Å². The lowest BCUT2D eigenvalue weighted by Crippen LogP contribution is -2.28. The van der Waals surface area contributed by atoms with Gasteiger partial charge in [0.25, 0.3) is 0 Å². The number of hydrogen-bond donors (Lipinski definition) is 4. The zero-order chi connectivity index (χ0) is 18.6. The van der Waals surface area contributed by atoms with Crippen molar-refractivity contribution in [3.05, 3.63) is 0 Å². The van der Waals surface area contributed by atoms with Gasteiger partial charge in [0.15, 0.2) is 0 Å². The second-order valence-corrected chi connectivity index (χ2v) is 9.40. The van der Waals surface area contributed by atoms with Gasteiger partial charge in [0, 0.05) is 13.5 Å². The quantitative estimate of drug-likeness (QED) is 0.377. The number of ether oxygens (including phenoxy) is 2. The van der Waals surface area contributed by atoms with E-state index in [9.17, 15) is 18.6 Å². The first-order chi connectivity index (χ1) is 10.9. The summed E-state index contributed by atoms with van der Waals surface area (Å²) in [5.41, 5.74) is 0. The Morgan fingerprint density at radius 3 is 2.21 bits per heavy atom. The van der Waals surface area contributed by atoms with Crippen LogP contribution in [0.3, 0.4) is 0 Å². The van der Waals surface area contributed by atoms with E-state index in [0.717, 1.165) is 12.8 Å². The average Bonchev–Trinajstić information content (AvgIpc) is 2.75. The fourth-order valence-corrected chi connectivity index (χ4v) is 5.20. The van der Waals surface area contributed by atoms with E-state index >= 15 is 0 Å². The monoisotopic (exact) mass is 414 g/mol. The number of hydrogen-bond acceptors (Lipinski definition) is 8. The lowest BCUT2D eigenvalue weighted by Gasteiger charge is -2.20. The number of phosphoric acid groups is 3. The first-order valence-corrected chi connectivity index (χ1v) is 11.4. The summed E-state index contributed by atoms with van der Waals surface area (Å²) < 4.78 is 55.9. The van der Waals surface area contributed by atoms with Gasteiger partial charge >= 0.3 is 23.5 Å². The lowest BCUT2D eigenvalue weighted by atomic mass is 10.1.